The van der Waals surface area contributed by atoms with E-state index in [2.05, 4.69) is 4.74 Å². The van der Waals surface area contributed by atoms with Crippen LogP contribution >= 0.6 is 0 Å². The molecule has 3 unspecified atom stereocenters. The Morgan fingerprint density at radius 3 is 2.48 bits per heavy atom. The van der Waals surface area contributed by atoms with Crippen LogP contribution in [0.5, 0.6) is 0 Å². The highest BCUT2D eigenvalue weighted by molar-refractivity contribution is 5.90. The van der Waals surface area contributed by atoms with Gasteiger partial charge in [-0.3, -0.25) is 14.5 Å². The van der Waals surface area contributed by atoms with Crippen molar-refractivity contribution in [3.8, 4) is 0 Å². The van der Waals surface area contributed by atoms with Crippen LogP contribution in [0.2, 0.25) is 0 Å². The highest BCUT2D eigenvalue weighted by Gasteiger charge is 2.53. The van der Waals surface area contributed by atoms with Crippen molar-refractivity contribution in [1.82, 2.24) is 4.90 Å². The number of methoxy groups -OCH3 is 1. The number of amides is 2. The van der Waals surface area contributed by atoms with Crippen LogP contribution in [0.1, 0.15) is 50.1 Å². The Morgan fingerprint density at radius 2 is 1.89 bits per heavy atom. The SMILES string of the molecule is COC(=O)CCC(=O)N(C1CC1)C1c2ccccc2N(C(=O)O)C2CCC21. The maximum Gasteiger partial charge on any atom is 0.412 e. The first-order valence-electron chi connectivity index (χ1n) is 9.52. The van der Waals surface area contributed by atoms with Gasteiger partial charge in [-0.1, -0.05) is 18.2 Å². The van der Waals surface area contributed by atoms with Crippen molar-refractivity contribution in [1.29, 1.82) is 0 Å². The fraction of sp³-hybridized carbons (Fsp3) is 0.550. The van der Waals surface area contributed by atoms with Crippen LogP contribution < -0.4 is 4.90 Å². The van der Waals surface area contributed by atoms with Gasteiger partial charge < -0.3 is 14.7 Å². The van der Waals surface area contributed by atoms with Gasteiger partial charge in [0.2, 0.25) is 5.91 Å². The van der Waals surface area contributed by atoms with E-state index in [4.69, 9.17) is 0 Å². The Morgan fingerprint density at radius 1 is 1.15 bits per heavy atom. The van der Waals surface area contributed by atoms with Crippen LogP contribution in [0, 0.1) is 5.92 Å². The van der Waals surface area contributed by atoms with E-state index in [9.17, 15) is 19.5 Å². The number of nitrogens with zero attached hydrogens (tertiary/aromatic N) is 2. The summed E-state index contributed by atoms with van der Waals surface area (Å²) in [5.41, 5.74) is 1.58. The Balaban J connectivity index is 1.68. The molecule has 3 atom stereocenters. The molecule has 0 aromatic heterocycles. The average molecular weight is 372 g/mol. The molecule has 4 rings (SSSR count). The van der Waals surface area contributed by atoms with Gasteiger partial charge in [0, 0.05) is 24.4 Å². The van der Waals surface area contributed by atoms with Gasteiger partial charge in [0.1, 0.15) is 0 Å². The third-order valence-corrected chi connectivity index (χ3v) is 6.05. The number of carbonyl (C=O) groups is 3. The van der Waals surface area contributed by atoms with Gasteiger partial charge in [0.15, 0.2) is 0 Å². The number of hydrogen-bond donors (Lipinski definition) is 1. The summed E-state index contributed by atoms with van der Waals surface area (Å²) in [6.07, 6.45) is 2.90. The molecule has 3 aliphatic rings. The second-order valence-electron chi connectivity index (χ2n) is 7.57. The summed E-state index contributed by atoms with van der Waals surface area (Å²) in [6, 6.07) is 7.49. The van der Waals surface area contributed by atoms with Gasteiger partial charge in [-0.25, -0.2) is 4.79 Å². The number of hydrogen-bond acceptors (Lipinski definition) is 4. The molecule has 0 bridgehead atoms. The lowest BCUT2D eigenvalue weighted by molar-refractivity contribution is -0.145. The van der Waals surface area contributed by atoms with E-state index < -0.39 is 6.09 Å². The molecule has 2 amide bonds. The third kappa shape index (κ3) is 3.05. The number of anilines is 1. The van der Waals surface area contributed by atoms with Crippen LogP contribution in [-0.4, -0.2) is 47.2 Å². The standard InChI is InChI=1S/C20H24N2O5/c1-27-18(24)11-10-17(23)21(12-6-7-12)19-13-4-2-3-5-15(13)22(20(25)26)16-9-8-14(16)19/h2-5,12,14,16,19H,6-11H2,1H3,(H,25,26). The topological polar surface area (TPSA) is 87.2 Å². The average Bonchev–Trinajstić information content (AvgIpc) is 3.46. The molecule has 2 fully saturated rings. The number of carboxylic acid groups (broad SMARTS) is 1. The Hall–Kier alpha value is -2.57. The molecule has 7 heteroatoms. The van der Waals surface area contributed by atoms with E-state index in [-0.39, 0.29) is 48.8 Å². The van der Waals surface area contributed by atoms with E-state index in [1.807, 2.05) is 29.2 Å². The molecule has 7 nitrogen and oxygen atoms in total. The predicted octanol–water partition coefficient (Wildman–Crippen LogP) is 2.95. The van der Waals surface area contributed by atoms with Gasteiger partial charge >= 0.3 is 12.1 Å². The normalized spacial score (nSPS) is 25.7. The molecule has 0 saturated heterocycles. The Labute approximate surface area is 157 Å². The minimum Gasteiger partial charge on any atom is -0.469 e. The number of carbonyl (C=O) groups excluding carboxylic acids is 2. The molecule has 2 saturated carbocycles. The van der Waals surface area contributed by atoms with Crippen molar-refractivity contribution in [3.63, 3.8) is 0 Å². The first-order valence-corrected chi connectivity index (χ1v) is 9.52. The molecule has 1 heterocycles. The summed E-state index contributed by atoms with van der Waals surface area (Å²) in [7, 11) is 1.32. The fourth-order valence-electron chi connectivity index (χ4n) is 4.54. The summed E-state index contributed by atoms with van der Waals surface area (Å²) in [5, 5.41) is 9.73. The first kappa shape index (κ1) is 17.8. The minimum absolute atomic E-state index is 0.0443. The van der Waals surface area contributed by atoms with E-state index >= 15 is 0 Å². The molecule has 27 heavy (non-hydrogen) atoms. The zero-order valence-electron chi connectivity index (χ0n) is 15.3. The monoisotopic (exact) mass is 372 g/mol. The number of para-hydroxylation sites is 1. The molecule has 0 radical (unpaired) electrons. The van der Waals surface area contributed by atoms with E-state index in [0.29, 0.717) is 5.69 Å². The number of fused-ring (bicyclic) bond motifs is 2. The summed E-state index contributed by atoms with van der Waals surface area (Å²) in [5.74, 6) is -0.322. The zero-order chi connectivity index (χ0) is 19.1. The van der Waals surface area contributed by atoms with Gasteiger partial charge in [0.25, 0.3) is 0 Å². The molecule has 2 aliphatic carbocycles. The number of rotatable bonds is 5. The lowest BCUT2D eigenvalue weighted by atomic mass is 9.68. The van der Waals surface area contributed by atoms with Crippen LogP contribution in [0.25, 0.3) is 0 Å². The maximum absolute atomic E-state index is 13.0. The second-order valence-corrected chi connectivity index (χ2v) is 7.57. The smallest absolute Gasteiger partial charge is 0.412 e. The summed E-state index contributed by atoms with van der Waals surface area (Å²) < 4.78 is 4.67. The lowest BCUT2D eigenvalue weighted by Crippen LogP contribution is -2.59. The number of benzene rings is 1. The minimum atomic E-state index is -0.939. The van der Waals surface area contributed by atoms with Crippen molar-refractivity contribution in [2.75, 3.05) is 12.0 Å². The highest BCUT2D eigenvalue weighted by atomic mass is 16.5. The van der Waals surface area contributed by atoms with E-state index in [1.165, 1.54) is 12.0 Å². The van der Waals surface area contributed by atoms with E-state index in [0.717, 1.165) is 31.2 Å². The predicted molar refractivity (Wildman–Crippen MR) is 97.3 cm³/mol. The van der Waals surface area contributed by atoms with E-state index in [1.54, 1.807) is 0 Å². The number of ether oxygens (including phenoxy) is 1. The second kappa shape index (κ2) is 6.87. The summed E-state index contributed by atoms with van der Waals surface area (Å²) in [4.78, 5) is 39.8. The molecule has 0 spiro atoms. The number of esters is 1. The first-order chi connectivity index (χ1) is 13.0. The van der Waals surface area contributed by atoms with Gasteiger partial charge in [-0.2, -0.15) is 0 Å². The molecule has 1 aromatic carbocycles. The Kier molecular flexibility index (Phi) is 4.53. The van der Waals surface area contributed by atoms with Gasteiger partial charge in [0.05, 0.1) is 25.3 Å². The fourth-order valence-corrected chi connectivity index (χ4v) is 4.54. The highest BCUT2D eigenvalue weighted by Crippen LogP contribution is 2.54. The lowest BCUT2D eigenvalue weighted by Gasteiger charge is -2.54. The van der Waals surface area contributed by atoms with Gasteiger partial charge in [-0.05, 0) is 37.3 Å². The molecule has 1 aliphatic heterocycles. The quantitative estimate of drug-likeness (QED) is 0.803. The van der Waals surface area contributed by atoms with Crippen LogP contribution in [-0.2, 0) is 14.3 Å². The zero-order valence-corrected chi connectivity index (χ0v) is 15.3. The van der Waals surface area contributed by atoms with Crippen LogP contribution in [0.3, 0.4) is 0 Å². The van der Waals surface area contributed by atoms with Crippen LogP contribution in [0.15, 0.2) is 24.3 Å². The summed E-state index contributed by atoms with van der Waals surface area (Å²) >= 11 is 0. The third-order valence-electron chi connectivity index (χ3n) is 6.05. The molecular formula is C20H24N2O5. The van der Waals surface area contributed by atoms with Crippen molar-refractivity contribution in [2.45, 2.75) is 56.7 Å². The van der Waals surface area contributed by atoms with Crippen molar-refractivity contribution in [2.24, 2.45) is 5.92 Å². The molecule has 144 valence electrons. The van der Waals surface area contributed by atoms with Crippen molar-refractivity contribution >= 4 is 23.7 Å². The van der Waals surface area contributed by atoms with Crippen LogP contribution in [0.4, 0.5) is 10.5 Å². The Bertz CT molecular complexity index is 775. The molecule has 1 aromatic rings. The van der Waals surface area contributed by atoms with Crippen molar-refractivity contribution < 1.29 is 24.2 Å². The molecule has 1 N–H and O–H groups in total. The van der Waals surface area contributed by atoms with Crippen molar-refractivity contribution in [3.05, 3.63) is 29.8 Å². The molecular weight excluding hydrogens is 348 g/mol. The summed E-state index contributed by atoms with van der Waals surface area (Å²) in [6.45, 7) is 0. The maximum atomic E-state index is 13.0. The largest absolute Gasteiger partial charge is 0.469 e. The van der Waals surface area contributed by atoms with Gasteiger partial charge in [-0.15, -0.1) is 0 Å².